The number of piperidine rings is 1. The van der Waals surface area contributed by atoms with Crippen molar-refractivity contribution in [1.29, 1.82) is 0 Å². The van der Waals surface area contributed by atoms with Crippen molar-refractivity contribution in [3.63, 3.8) is 0 Å². The third-order valence-electron chi connectivity index (χ3n) is 6.29. The molecule has 8 nitrogen and oxygen atoms in total. The first-order valence-electron chi connectivity index (χ1n) is 11.4. The zero-order valence-electron chi connectivity index (χ0n) is 20.7. The average molecular weight is 555 g/mol. The lowest BCUT2D eigenvalue weighted by atomic mass is 9.80. The predicted molar refractivity (Wildman–Crippen MR) is 141 cm³/mol. The molecule has 1 amide bonds. The molecule has 1 aliphatic rings. The van der Waals surface area contributed by atoms with Crippen molar-refractivity contribution in [2.45, 2.75) is 37.6 Å². The molecule has 196 valence electrons. The summed E-state index contributed by atoms with van der Waals surface area (Å²) in [7, 11) is -5.63. The smallest absolute Gasteiger partial charge is 0.243 e. The maximum atomic E-state index is 13.7. The molecule has 1 aliphatic heterocycles. The van der Waals surface area contributed by atoms with Gasteiger partial charge in [-0.3, -0.25) is 4.79 Å². The summed E-state index contributed by atoms with van der Waals surface area (Å²) in [6.45, 7) is 3.81. The fourth-order valence-electron chi connectivity index (χ4n) is 4.02. The van der Waals surface area contributed by atoms with Gasteiger partial charge in [0.25, 0.3) is 0 Å². The number of hydrogen-bond donors (Lipinski definition) is 1. The monoisotopic (exact) mass is 554 g/mol. The van der Waals surface area contributed by atoms with Gasteiger partial charge in [-0.05, 0) is 55.7 Å². The number of carbonyl (C=O) groups is 1. The van der Waals surface area contributed by atoms with Gasteiger partial charge in [0.1, 0.15) is 5.75 Å². The summed E-state index contributed by atoms with van der Waals surface area (Å²) in [4.78, 5) is 13.1. The minimum atomic E-state index is -3.88. The largest absolute Gasteiger partial charge is 0.497 e. The van der Waals surface area contributed by atoms with E-state index in [1.807, 2.05) is 0 Å². The van der Waals surface area contributed by atoms with Gasteiger partial charge in [-0.2, -0.15) is 4.31 Å². The van der Waals surface area contributed by atoms with Gasteiger partial charge in [0, 0.05) is 46.8 Å². The lowest BCUT2D eigenvalue weighted by Gasteiger charge is -2.38. The number of benzene rings is 2. The number of methoxy groups -OCH3 is 1. The van der Waals surface area contributed by atoms with E-state index in [0.717, 1.165) is 11.7 Å². The molecule has 0 aliphatic carbocycles. The van der Waals surface area contributed by atoms with E-state index in [1.165, 1.54) is 16.4 Å². The summed E-state index contributed by atoms with van der Waals surface area (Å²) in [6, 6.07) is 11.3. The van der Waals surface area contributed by atoms with Crippen molar-refractivity contribution < 1.29 is 26.4 Å². The molecular formula is C25H31ClN2O6S2. The molecule has 0 radical (unpaired) electrons. The first-order valence-corrected chi connectivity index (χ1v) is 15.2. The van der Waals surface area contributed by atoms with E-state index in [0.29, 0.717) is 34.7 Å². The van der Waals surface area contributed by atoms with Crippen molar-refractivity contribution in [3.8, 4) is 16.9 Å². The highest BCUT2D eigenvalue weighted by Crippen LogP contribution is 2.37. The molecule has 0 unspecified atom stereocenters. The molecule has 0 bridgehead atoms. The van der Waals surface area contributed by atoms with E-state index in [-0.39, 0.29) is 23.9 Å². The van der Waals surface area contributed by atoms with Crippen LogP contribution in [0.25, 0.3) is 11.1 Å². The number of carbonyl (C=O) groups excluding carboxylic acids is 1. The van der Waals surface area contributed by atoms with Gasteiger partial charge in [-0.1, -0.05) is 36.7 Å². The fourth-order valence-corrected chi connectivity index (χ4v) is 6.35. The van der Waals surface area contributed by atoms with Crippen LogP contribution in [-0.2, 0) is 24.7 Å². The number of nitrogens with zero attached hydrogens (tertiary/aromatic N) is 1. The van der Waals surface area contributed by atoms with Crippen LogP contribution in [0.4, 0.5) is 0 Å². The van der Waals surface area contributed by atoms with Gasteiger partial charge in [-0.15, -0.1) is 0 Å². The maximum Gasteiger partial charge on any atom is 0.243 e. The number of hydrogen-bond acceptors (Lipinski definition) is 6. The standard InChI is InChI=1S/C25H31ClN2O6S2/c1-18(10-15-35(4,30)31)27-24(29)25(2)11-13-28(14-12-25)36(32,33)23-9-8-20(26)17-22(23)19-6-5-7-21(16-19)34-3/h5-10,15-18H,11-14H2,1-4H3,(H,27,29)/b15-10-/t18-/m0/s1. The summed E-state index contributed by atoms with van der Waals surface area (Å²) in [5, 5.41) is 4.28. The van der Waals surface area contributed by atoms with Crippen LogP contribution in [0.15, 0.2) is 58.8 Å². The highest BCUT2D eigenvalue weighted by molar-refractivity contribution is 7.93. The number of rotatable bonds is 8. The molecule has 1 atom stereocenters. The van der Waals surface area contributed by atoms with Crippen LogP contribution in [0, 0.1) is 5.41 Å². The van der Waals surface area contributed by atoms with Crippen molar-refractivity contribution in [2.75, 3.05) is 26.5 Å². The molecule has 0 saturated carbocycles. The maximum absolute atomic E-state index is 13.7. The minimum absolute atomic E-state index is 0.132. The topological polar surface area (TPSA) is 110 Å². The molecule has 1 saturated heterocycles. The van der Waals surface area contributed by atoms with Crippen LogP contribution >= 0.6 is 11.6 Å². The Morgan fingerprint density at radius 3 is 2.42 bits per heavy atom. The van der Waals surface area contributed by atoms with Gasteiger partial charge in [-0.25, -0.2) is 16.8 Å². The molecule has 11 heteroatoms. The first-order chi connectivity index (χ1) is 16.7. The average Bonchev–Trinajstić information content (AvgIpc) is 2.82. The van der Waals surface area contributed by atoms with Crippen molar-refractivity contribution in [2.24, 2.45) is 5.41 Å². The zero-order valence-corrected chi connectivity index (χ0v) is 23.1. The second-order valence-corrected chi connectivity index (χ2v) is 13.5. The summed E-state index contributed by atoms with van der Waals surface area (Å²) in [5.41, 5.74) is 0.348. The third-order valence-corrected chi connectivity index (χ3v) is 9.13. The van der Waals surface area contributed by atoms with Crippen LogP contribution < -0.4 is 10.1 Å². The third kappa shape index (κ3) is 6.67. The normalized spacial score (nSPS) is 17.6. The Morgan fingerprint density at radius 2 is 1.81 bits per heavy atom. The molecule has 1 fully saturated rings. The van der Waals surface area contributed by atoms with E-state index in [1.54, 1.807) is 57.4 Å². The van der Waals surface area contributed by atoms with Crippen LogP contribution in [0.5, 0.6) is 5.75 Å². The Labute approximate surface area is 218 Å². The van der Waals surface area contributed by atoms with Crippen molar-refractivity contribution in [3.05, 3.63) is 59.0 Å². The Hall–Kier alpha value is -2.40. The lowest BCUT2D eigenvalue weighted by Crippen LogP contribution is -2.50. The summed E-state index contributed by atoms with van der Waals surface area (Å²) in [5.74, 6) is 0.352. The molecule has 36 heavy (non-hydrogen) atoms. The summed E-state index contributed by atoms with van der Waals surface area (Å²) < 4.78 is 56.7. The Morgan fingerprint density at radius 1 is 1.14 bits per heavy atom. The quantitative estimate of drug-likeness (QED) is 0.530. The molecule has 2 aromatic rings. The summed E-state index contributed by atoms with van der Waals surface area (Å²) >= 11 is 6.22. The molecule has 1 heterocycles. The predicted octanol–water partition coefficient (Wildman–Crippen LogP) is 3.87. The van der Waals surface area contributed by atoms with Crippen molar-refractivity contribution >= 4 is 37.4 Å². The number of ether oxygens (including phenoxy) is 1. The number of halogens is 1. The highest BCUT2D eigenvalue weighted by Gasteiger charge is 2.41. The highest BCUT2D eigenvalue weighted by atomic mass is 35.5. The molecule has 0 aromatic heterocycles. The van der Waals surface area contributed by atoms with Crippen molar-refractivity contribution in [1.82, 2.24) is 9.62 Å². The zero-order chi connectivity index (χ0) is 26.7. The number of sulfone groups is 1. The Kier molecular flexibility index (Phi) is 8.55. The van der Waals surface area contributed by atoms with Crippen LogP contribution in [0.1, 0.15) is 26.7 Å². The number of sulfonamides is 1. The van der Waals surface area contributed by atoms with Gasteiger partial charge in [0.15, 0.2) is 9.84 Å². The molecular weight excluding hydrogens is 524 g/mol. The Balaban J connectivity index is 1.80. The van der Waals surface area contributed by atoms with Gasteiger partial charge < -0.3 is 10.1 Å². The van der Waals surface area contributed by atoms with E-state index < -0.39 is 31.3 Å². The second-order valence-electron chi connectivity index (χ2n) is 9.26. The fraction of sp³-hybridized carbons (Fsp3) is 0.400. The molecule has 1 N–H and O–H groups in total. The first kappa shape index (κ1) is 28.2. The van der Waals surface area contributed by atoms with Crippen LogP contribution in [0.2, 0.25) is 5.02 Å². The van der Waals surface area contributed by atoms with E-state index in [4.69, 9.17) is 16.3 Å². The van der Waals surface area contributed by atoms with E-state index >= 15 is 0 Å². The van der Waals surface area contributed by atoms with E-state index in [9.17, 15) is 21.6 Å². The molecule has 0 spiro atoms. The van der Waals surface area contributed by atoms with Crippen LogP contribution in [0.3, 0.4) is 0 Å². The lowest BCUT2D eigenvalue weighted by molar-refractivity contribution is -0.132. The molecule has 2 aromatic carbocycles. The number of amides is 1. The Bertz CT molecular complexity index is 1360. The van der Waals surface area contributed by atoms with Gasteiger partial charge in [0.2, 0.25) is 15.9 Å². The minimum Gasteiger partial charge on any atom is -0.497 e. The SMILES string of the molecule is COc1cccc(-c2cc(Cl)ccc2S(=O)(=O)N2CCC(C)(C(=O)N[C@@H](C)/C=C\S(C)(=O)=O)CC2)c1. The number of nitrogens with one attached hydrogen (secondary N) is 1. The van der Waals surface area contributed by atoms with E-state index in [2.05, 4.69) is 5.32 Å². The molecule has 3 rings (SSSR count). The summed E-state index contributed by atoms with van der Waals surface area (Å²) in [6.07, 6.45) is 3.14. The van der Waals surface area contributed by atoms with Gasteiger partial charge >= 0.3 is 0 Å². The van der Waals surface area contributed by atoms with Gasteiger partial charge in [0.05, 0.1) is 12.0 Å². The van der Waals surface area contributed by atoms with Crippen LogP contribution in [-0.4, -0.2) is 59.5 Å². The second kappa shape index (κ2) is 10.9.